The molecule has 0 spiro atoms. The number of carbonyl (C=O) groups is 3. The van der Waals surface area contributed by atoms with Crippen LogP contribution in [0.25, 0.3) is 0 Å². The lowest BCUT2D eigenvalue weighted by Gasteiger charge is -2.26. The van der Waals surface area contributed by atoms with Crippen LogP contribution >= 0.6 is 0 Å². The van der Waals surface area contributed by atoms with Crippen LogP contribution in [0.3, 0.4) is 0 Å². The molecule has 0 bridgehead atoms. The first-order valence-electron chi connectivity index (χ1n) is 11.6. The number of amides is 3. The number of carbonyl (C=O) groups excluding carboxylic acids is 3. The second-order valence-corrected chi connectivity index (χ2v) is 9.20. The molecule has 0 fully saturated rings. The van der Waals surface area contributed by atoms with Crippen LogP contribution in [-0.2, 0) is 32.1 Å². The smallest absolute Gasteiger partial charge is 0.256 e. The van der Waals surface area contributed by atoms with Gasteiger partial charge in [-0.1, -0.05) is 60.7 Å². The number of aryl methyl sites for hydroxylation is 1. The molecule has 9 nitrogen and oxygen atoms in total. The third-order valence-corrected chi connectivity index (χ3v) is 5.13. The van der Waals surface area contributed by atoms with Gasteiger partial charge in [0.2, 0.25) is 11.8 Å². The van der Waals surface area contributed by atoms with Gasteiger partial charge in [-0.05, 0) is 37.8 Å². The van der Waals surface area contributed by atoms with Crippen LogP contribution in [0, 0.1) is 0 Å². The highest BCUT2D eigenvalue weighted by molar-refractivity contribution is 5.94. The van der Waals surface area contributed by atoms with E-state index in [0.29, 0.717) is 12.8 Å². The number of hydrogen-bond acceptors (Lipinski definition) is 6. The summed E-state index contributed by atoms with van der Waals surface area (Å²) in [5.41, 5.74) is 9.40. The summed E-state index contributed by atoms with van der Waals surface area (Å²) in [4.78, 5) is 38.6. The number of ether oxygens (including phenoxy) is 1. The topological polar surface area (TPSA) is 126 Å². The normalized spacial score (nSPS) is 13.1. The molecule has 2 atom stereocenters. The van der Waals surface area contributed by atoms with Crippen LogP contribution in [-0.4, -0.2) is 61.1 Å². The molecule has 2 rings (SSSR count). The molecule has 35 heavy (non-hydrogen) atoms. The van der Waals surface area contributed by atoms with E-state index in [-0.39, 0.29) is 19.1 Å². The summed E-state index contributed by atoms with van der Waals surface area (Å²) in [6.45, 7) is 3.29. The number of hydrogen-bond donors (Lipinski definition) is 4. The highest BCUT2D eigenvalue weighted by atomic mass is 16.5. The molecule has 0 saturated heterocycles. The standard InChI is InChI=1S/C26H37N5O4/c1-26(2,27)25(34)29-22(18-35-17-20-13-9-6-10-14-20)23(32)28-21(24(33)30-31(3)4)16-15-19-11-7-5-8-12-19/h5-14,21-22H,15-18,27H2,1-4H3,(H,28,32)(H,29,34)(H,30,33)/t21-,22?/m1/s1. The summed E-state index contributed by atoms with van der Waals surface area (Å²) in [6.07, 6.45) is 0.966. The molecule has 0 aliphatic heterocycles. The highest BCUT2D eigenvalue weighted by Crippen LogP contribution is 2.07. The van der Waals surface area contributed by atoms with E-state index in [4.69, 9.17) is 10.5 Å². The first-order valence-corrected chi connectivity index (χ1v) is 11.6. The van der Waals surface area contributed by atoms with Crippen molar-refractivity contribution in [2.75, 3.05) is 20.7 Å². The van der Waals surface area contributed by atoms with Gasteiger partial charge < -0.3 is 21.1 Å². The van der Waals surface area contributed by atoms with Gasteiger partial charge >= 0.3 is 0 Å². The molecule has 0 heterocycles. The minimum Gasteiger partial charge on any atom is -0.374 e. The number of hydrazine groups is 1. The van der Waals surface area contributed by atoms with Crippen LogP contribution in [0.4, 0.5) is 0 Å². The highest BCUT2D eigenvalue weighted by Gasteiger charge is 2.31. The van der Waals surface area contributed by atoms with Gasteiger partial charge in [0.1, 0.15) is 12.1 Å². The summed E-state index contributed by atoms with van der Waals surface area (Å²) in [7, 11) is 3.38. The van der Waals surface area contributed by atoms with Crippen molar-refractivity contribution >= 4 is 17.7 Å². The number of rotatable bonds is 13. The Balaban J connectivity index is 2.11. The molecule has 5 N–H and O–H groups in total. The minimum absolute atomic E-state index is 0.0801. The van der Waals surface area contributed by atoms with Gasteiger partial charge in [0.15, 0.2) is 0 Å². The van der Waals surface area contributed by atoms with Crippen molar-refractivity contribution in [1.82, 2.24) is 21.1 Å². The molecule has 190 valence electrons. The SMILES string of the molecule is CN(C)NC(=O)[C@@H](CCc1ccccc1)NC(=O)C(COCc1ccccc1)NC(=O)C(C)(C)N. The first kappa shape index (κ1) is 28.0. The fraction of sp³-hybridized carbons (Fsp3) is 0.423. The van der Waals surface area contributed by atoms with Crippen molar-refractivity contribution in [3.63, 3.8) is 0 Å². The fourth-order valence-corrected chi connectivity index (χ4v) is 3.19. The zero-order chi connectivity index (χ0) is 25.8. The Kier molecular flexibility index (Phi) is 10.8. The molecule has 0 aliphatic rings. The Morgan fingerprint density at radius 2 is 1.46 bits per heavy atom. The van der Waals surface area contributed by atoms with E-state index < -0.39 is 29.4 Å². The minimum atomic E-state index is -1.19. The van der Waals surface area contributed by atoms with E-state index in [9.17, 15) is 14.4 Å². The second kappa shape index (κ2) is 13.6. The van der Waals surface area contributed by atoms with Crippen LogP contribution < -0.4 is 21.8 Å². The Hall–Kier alpha value is -3.27. The summed E-state index contributed by atoms with van der Waals surface area (Å²) in [5, 5.41) is 6.96. The molecule has 1 unspecified atom stereocenters. The van der Waals surface area contributed by atoms with Crippen molar-refractivity contribution in [3.8, 4) is 0 Å². The van der Waals surface area contributed by atoms with Gasteiger partial charge in [-0.3, -0.25) is 19.8 Å². The zero-order valence-corrected chi connectivity index (χ0v) is 20.9. The van der Waals surface area contributed by atoms with Crippen molar-refractivity contribution in [2.24, 2.45) is 5.73 Å². The van der Waals surface area contributed by atoms with E-state index in [1.807, 2.05) is 60.7 Å². The van der Waals surface area contributed by atoms with Crippen molar-refractivity contribution in [2.45, 2.75) is 50.9 Å². The predicted molar refractivity (Wildman–Crippen MR) is 135 cm³/mol. The zero-order valence-electron chi connectivity index (χ0n) is 20.9. The quantitative estimate of drug-likeness (QED) is 0.317. The lowest BCUT2D eigenvalue weighted by molar-refractivity contribution is -0.135. The number of nitrogens with one attached hydrogen (secondary N) is 3. The maximum Gasteiger partial charge on any atom is 0.256 e. The largest absolute Gasteiger partial charge is 0.374 e. The van der Waals surface area contributed by atoms with Crippen molar-refractivity contribution in [3.05, 3.63) is 71.8 Å². The molecule has 0 saturated carbocycles. The molecular weight excluding hydrogens is 446 g/mol. The Bertz CT molecular complexity index is 945. The van der Waals surface area contributed by atoms with Gasteiger partial charge in [0, 0.05) is 14.1 Å². The summed E-state index contributed by atoms with van der Waals surface area (Å²) >= 11 is 0. The molecule has 2 aromatic rings. The van der Waals surface area contributed by atoms with E-state index in [2.05, 4.69) is 16.1 Å². The number of nitrogens with zero attached hydrogens (tertiary/aromatic N) is 1. The molecule has 0 radical (unpaired) electrons. The summed E-state index contributed by atoms with van der Waals surface area (Å²) in [5.74, 6) is -1.38. The lowest BCUT2D eigenvalue weighted by atomic mass is 10.0. The monoisotopic (exact) mass is 483 g/mol. The molecule has 0 aromatic heterocycles. The third kappa shape index (κ3) is 10.3. The van der Waals surface area contributed by atoms with Crippen LogP contribution in [0.5, 0.6) is 0 Å². The van der Waals surface area contributed by atoms with E-state index in [1.54, 1.807) is 27.9 Å². The molecule has 2 aromatic carbocycles. The molecular formula is C26H37N5O4. The Morgan fingerprint density at radius 3 is 2.00 bits per heavy atom. The maximum absolute atomic E-state index is 13.2. The second-order valence-electron chi connectivity index (χ2n) is 9.20. The number of nitrogens with two attached hydrogens (primary N) is 1. The van der Waals surface area contributed by atoms with Crippen LogP contribution in [0.15, 0.2) is 60.7 Å². The van der Waals surface area contributed by atoms with Gasteiger partial charge in [-0.25, -0.2) is 5.01 Å². The van der Waals surface area contributed by atoms with E-state index in [1.165, 1.54) is 5.01 Å². The summed E-state index contributed by atoms with van der Waals surface area (Å²) < 4.78 is 5.73. The molecule has 3 amide bonds. The van der Waals surface area contributed by atoms with Gasteiger partial charge in [-0.2, -0.15) is 0 Å². The average Bonchev–Trinajstić information content (AvgIpc) is 2.81. The summed E-state index contributed by atoms with van der Waals surface area (Å²) in [6, 6.07) is 17.3. The molecule has 9 heteroatoms. The van der Waals surface area contributed by atoms with Crippen molar-refractivity contribution < 1.29 is 19.1 Å². The average molecular weight is 484 g/mol. The van der Waals surface area contributed by atoms with E-state index >= 15 is 0 Å². The van der Waals surface area contributed by atoms with Crippen LogP contribution in [0.2, 0.25) is 0 Å². The van der Waals surface area contributed by atoms with Gasteiger partial charge in [0.05, 0.1) is 18.8 Å². The van der Waals surface area contributed by atoms with Crippen molar-refractivity contribution in [1.29, 1.82) is 0 Å². The van der Waals surface area contributed by atoms with Crippen LogP contribution in [0.1, 0.15) is 31.4 Å². The first-order chi connectivity index (χ1) is 16.6. The third-order valence-electron chi connectivity index (χ3n) is 5.13. The lowest BCUT2D eigenvalue weighted by Crippen LogP contribution is -2.60. The fourth-order valence-electron chi connectivity index (χ4n) is 3.19. The Labute approximate surface area is 207 Å². The predicted octanol–water partition coefficient (Wildman–Crippen LogP) is 1.14. The van der Waals surface area contributed by atoms with Gasteiger partial charge in [0.25, 0.3) is 5.91 Å². The van der Waals surface area contributed by atoms with Gasteiger partial charge in [-0.15, -0.1) is 0 Å². The number of benzene rings is 2. The molecule has 0 aliphatic carbocycles. The Morgan fingerprint density at radius 1 is 0.886 bits per heavy atom. The maximum atomic E-state index is 13.2. The van der Waals surface area contributed by atoms with E-state index in [0.717, 1.165) is 11.1 Å².